The van der Waals surface area contributed by atoms with E-state index in [9.17, 15) is 4.79 Å². The molecule has 0 spiro atoms. The number of pyridine rings is 1. The van der Waals surface area contributed by atoms with Gasteiger partial charge in [-0.2, -0.15) is 0 Å². The van der Waals surface area contributed by atoms with Gasteiger partial charge < -0.3 is 9.72 Å². The van der Waals surface area contributed by atoms with Crippen molar-refractivity contribution < 1.29 is 9.53 Å². The Kier molecular flexibility index (Phi) is 3.21. The Morgan fingerprint density at radius 2 is 2.05 bits per heavy atom. The lowest BCUT2D eigenvalue weighted by molar-refractivity contribution is 0.103. The molecule has 0 atom stereocenters. The van der Waals surface area contributed by atoms with E-state index in [2.05, 4.69) is 9.97 Å². The molecular formula is C16H14N2O2. The molecule has 1 aromatic carbocycles. The van der Waals surface area contributed by atoms with Crippen molar-refractivity contribution in [3.8, 4) is 5.88 Å². The zero-order chi connectivity index (χ0) is 13.9. The number of nitrogens with one attached hydrogen (secondary N) is 1. The lowest BCUT2D eigenvalue weighted by atomic mass is 10.1. The lowest BCUT2D eigenvalue weighted by Gasteiger charge is -2.04. The molecule has 1 N–H and O–H groups in total. The van der Waals surface area contributed by atoms with Gasteiger partial charge in [0.1, 0.15) is 5.69 Å². The van der Waals surface area contributed by atoms with Gasteiger partial charge in [-0.15, -0.1) is 0 Å². The fourth-order valence-electron chi connectivity index (χ4n) is 2.17. The van der Waals surface area contributed by atoms with Crippen molar-refractivity contribution in [2.75, 3.05) is 6.61 Å². The Labute approximate surface area is 116 Å². The molecule has 20 heavy (non-hydrogen) atoms. The number of aromatic nitrogens is 2. The maximum Gasteiger partial charge on any atom is 0.213 e. The molecule has 0 amide bonds. The summed E-state index contributed by atoms with van der Waals surface area (Å²) in [7, 11) is 0. The Hall–Kier alpha value is -2.62. The minimum Gasteiger partial charge on any atom is -0.478 e. The van der Waals surface area contributed by atoms with Gasteiger partial charge in [0.15, 0.2) is 0 Å². The van der Waals surface area contributed by atoms with Crippen molar-refractivity contribution in [1.82, 2.24) is 9.97 Å². The van der Waals surface area contributed by atoms with E-state index < -0.39 is 0 Å². The summed E-state index contributed by atoms with van der Waals surface area (Å²) in [5.41, 5.74) is 1.96. The summed E-state index contributed by atoms with van der Waals surface area (Å²) in [5, 5.41) is 0.904. The second kappa shape index (κ2) is 5.17. The largest absolute Gasteiger partial charge is 0.478 e. The smallest absolute Gasteiger partial charge is 0.213 e. The maximum atomic E-state index is 12.5. The number of aromatic amines is 1. The first-order valence-corrected chi connectivity index (χ1v) is 6.50. The highest BCUT2D eigenvalue weighted by Crippen LogP contribution is 2.21. The van der Waals surface area contributed by atoms with Gasteiger partial charge >= 0.3 is 0 Å². The van der Waals surface area contributed by atoms with Crippen molar-refractivity contribution in [1.29, 1.82) is 0 Å². The third-order valence-electron chi connectivity index (χ3n) is 3.08. The zero-order valence-corrected chi connectivity index (χ0v) is 11.1. The third kappa shape index (κ3) is 2.16. The minimum atomic E-state index is -0.107. The molecule has 0 aliphatic heterocycles. The predicted molar refractivity (Wildman–Crippen MR) is 77.1 cm³/mol. The summed E-state index contributed by atoms with van der Waals surface area (Å²) in [6, 6.07) is 12.9. The molecule has 0 aliphatic rings. The molecule has 0 radical (unpaired) electrons. The first-order valence-electron chi connectivity index (χ1n) is 6.50. The van der Waals surface area contributed by atoms with Crippen LogP contribution in [0.1, 0.15) is 23.0 Å². The summed E-state index contributed by atoms with van der Waals surface area (Å²) in [4.78, 5) is 19.9. The maximum absolute atomic E-state index is 12.5. The van der Waals surface area contributed by atoms with Gasteiger partial charge in [-0.25, -0.2) is 4.98 Å². The highest BCUT2D eigenvalue weighted by molar-refractivity contribution is 6.15. The van der Waals surface area contributed by atoms with Crippen LogP contribution < -0.4 is 4.74 Å². The molecule has 2 heterocycles. The minimum absolute atomic E-state index is 0.107. The number of H-pyrrole nitrogens is 1. The Morgan fingerprint density at radius 3 is 2.90 bits per heavy atom. The molecule has 0 fully saturated rings. The summed E-state index contributed by atoms with van der Waals surface area (Å²) >= 11 is 0. The fraction of sp³-hybridized carbons (Fsp3) is 0.125. The highest BCUT2D eigenvalue weighted by Gasteiger charge is 2.15. The van der Waals surface area contributed by atoms with Crippen LogP contribution in [-0.2, 0) is 0 Å². The second-order valence-electron chi connectivity index (χ2n) is 4.37. The molecule has 4 heteroatoms. The van der Waals surface area contributed by atoms with Gasteiger partial charge in [0.2, 0.25) is 11.7 Å². The van der Waals surface area contributed by atoms with E-state index in [0.717, 1.165) is 10.9 Å². The monoisotopic (exact) mass is 266 g/mol. The van der Waals surface area contributed by atoms with Gasteiger partial charge in [0.25, 0.3) is 0 Å². The molecule has 0 bridgehead atoms. The lowest BCUT2D eigenvalue weighted by Crippen LogP contribution is -2.05. The average Bonchev–Trinajstić information content (AvgIpc) is 2.91. The number of carbonyl (C=O) groups is 1. The van der Waals surface area contributed by atoms with Crippen molar-refractivity contribution in [3.05, 3.63) is 59.9 Å². The van der Waals surface area contributed by atoms with Gasteiger partial charge in [-0.3, -0.25) is 4.79 Å². The van der Waals surface area contributed by atoms with Crippen LogP contribution in [0.4, 0.5) is 0 Å². The van der Waals surface area contributed by atoms with Crippen LogP contribution >= 0.6 is 0 Å². The van der Waals surface area contributed by atoms with Crippen molar-refractivity contribution in [2.24, 2.45) is 0 Å². The molecule has 2 aromatic heterocycles. The number of rotatable bonds is 4. The molecule has 3 aromatic rings. The van der Waals surface area contributed by atoms with Gasteiger partial charge in [-0.05, 0) is 19.1 Å². The SMILES string of the molecule is CCOc1cccc(C(=O)c2c[nH]c3ccccc23)n1. The van der Waals surface area contributed by atoms with E-state index >= 15 is 0 Å². The second-order valence-corrected chi connectivity index (χ2v) is 4.37. The normalized spacial score (nSPS) is 10.7. The number of ketones is 1. The van der Waals surface area contributed by atoms with E-state index in [0.29, 0.717) is 23.7 Å². The van der Waals surface area contributed by atoms with Crippen molar-refractivity contribution in [2.45, 2.75) is 6.92 Å². The van der Waals surface area contributed by atoms with Crippen molar-refractivity contribution in [3.63, 3.8) is 0 Å². The zero-order valence-electron chi connectivity index (χ0n) is 11.1. The number of hydrogen-bond donors (Lipinski definition) is 1. The van der Waals surface area contributed by atoms with Crippen LogP contribution in [-0.4, -0.2) is 22.4 Å². The molecule has 0 unspecified atom stereocenters. The number of hydrogen-bond acceptors (Lipinski definition) is 3. The van der Waals surface area contributed by atoms with Gasteiger partial charge in [0, 0.05) is 28.7 Å². The van der Waals surface area contributed by atoms with Crippen LogP contribution in [0.2, 0.25) is 0 Å². The first kappa shape index (κ1) is 12.4. The van der Waals surface area contributed by atoms with E-state index in [1.54, 1.807) is 24.4 Å². The Morgan fingerprint density at radius 1 is 1.20 bits per heavy atom. The highest BCUT2D eigenvalue weighted by atomic mass is 16.5. The van der Waals surface area contributed by atoms with E-state index in [1.165, 1.54) is 0 Å². The fourth-order valence-corrected chi connectivity index (χ4v) is 2.17. The average molecular weight is 266 g/mol. The van der Waals surface area contributed by atoms with Crippen molar-refractivity contribution >= 4 is 16.7 Å². The summed E-state index contributed by atoms with van der Waals surface area (Å²) in [6.07, 6.45) is 1.72. The number of carbonyl (C=O) groups excluding carboxylic acids is 1. The van der Waals surface area contributed by atoms with Gasteiger partial charge in [0.05, 0.1) is 6.61 Å². The van der Waals surface area contributed by atoms with E-state index in [4.69, 9.17) is 4.74 Å². The molecule has 4 nitrogen and oxygen atoms in total. The van der Waals surface area contributed by atoms with E-state index in [1.807, 2.05) is 31.2 Å². The molecule has 3 rings (SSSR count). The number of para-hydroxylation sites is 1. The molecule has 0 aliphatic carbocycles. The predicted octanol–water partition coefficient (Wildman–Crippen LogP) is 3.19. The standard InChI is InChI=1S/C16H14N2O2/c1-2-20-15-9-5-8-14(18-15)16(19)12-10-17-13-7-4-3-6-11(12)13/h3-10,17H,2H2,1H3. The van der Waals surface area contributed by atoms with Crippen LogP contribution in [0.15, 0.2) is 48.7 Å². The van der Waals surface area contributed by atoms with Gasteiger partial charge in [-0.1, -0.05) is 24.3 Å². The number of fused-ring (bicyclic) bond motifs is 1. The summed E-state index contributed by atoms with van der Waals surface area (Å²) < 4.78 is 5.33. The van der Waals surface area contributed by atoms with Crippen LogP contribution in [0, 0.1) is 0 Å². The Balaban J connectivity index is 2.02. The quantitative estimate of drug-likeness (QED) is 0.738. The third-order valence-corrected chi connectivity index (χ3v) is 3.08. The topological polar surface area (TPSA) is 55.0 Å². The van der Waals surface area contributed by atoms with Crippen LogP contribution in [0.3, 0.4) is 0 Å². The molecular weight excluding hydrogens is 252 g/mol. The van der Waals surface area contributed by atoms with Crippen LogP contribution in [0.25, 0.3) is 10.9 Å². The number of nitrogens with zero attached hydrogens (tertiary/aromatic N) is 1. The molecule has 100 valence electrons. The molecule has 0 saturated carbocycles. The van der Waals surface area contributed by atoms with E-state index in [-0.39, 0.29) is 5.78 Å². The number of ether oxygens (including phenoxy) is 1. The summed E-state index contributed by atoms with van der Waals surface area (Å²) in [5.74, 6) is 0.363. The molecule has 0 saturated heterocycles. The summed E-state index contributed by atoms with van der Waals surface area (Å²) in [6.45, 7) is 2.41. The number of benzene rings is 1. The van der Waals surface area contributed by atoms with Crippen LogP contribution in [0.5, 0.6) is 5.88 Å². The first-order chi connectivity index (χ1) is 9.79. The Bertz CT molecular complexity index is 762.